The van der Waals surface area contributed by atoms with E-state index < -0.39 is 0 Å². The Balaban J connectivity index is 2.24. The molecule has 0 saturated heterocycles. The molecule has 3 aromatic rings. The molecule has 23 heavy (non-hydrogen) atoms. The topological polar surface area (TPSA) is 54.2 Å². The van der Waals surface area contributed by atoms with Crippen molar-refractivity contribution in [1.82, 2.24) is 14.8 Å². The number of nitrogens with zero attached hydrogens (tertiary/aromatic N) is 4. The Morgan fingerprint density at radius 2 is 1.57 bits per heavy atom. The summed E-state index contributed by atoms with van der Waals surface area (Å²) < 4.78 is 1.99. The Kier molecular flexibility index (Phi) is 4.28. The quantitative estimate of drug-likeness (QED) is 0.784. The van der Waals surface area contributed by atoms with E-state index in [2.05, 4.69) is 28.9 Å². The van der Waals surface area contributed by atoms with Crippen molar-refractivity contribution in [3.63, 3.8) is 0 Å². The Morgan fingerprint density at radius 3 is 2.22 bits per heavy atom. The summed E-state index contributed by atoms with van der Waals surface area (Å²) in [7, 11) is 0. The van der Waals surface area contributed by atoms with Crippen LogP contribution in [0.25, 0.3) is 17.1 Å². The Hall–Kier alpha value is -2.82. The van der Waals surface area contributed by atoms with Crippen LogP contribution in [0.4, 0.5) is 5.95 Å². The molecule has 3 rings (SSSR count). The van der Waals surface area contributed by atoms with Crippen LogP contribution in [-0.2, 0) is 0 Å². The second-order valence-corrected chi connectivity index (χ2v) is 5.18. The molecule has 0 spiro atoms. The highest BCUT2D eigenvalue weighted by Crippen LogP contribution is 2.32. The predicted molar refractivity (Wildman–Crippen MR) is 92.0 cm³/mol. The lowest BCUT2D eigenvalue weighted by atomic mass is 10.2. The highest BCUT2D eigenvalue weighted by Gasteiger charge is 2.20. The molecule has 0 saturated carbocycles. The lowest BCUT2D eigenvalue weighted by molar-refractivity contribution is 0.476. The van der Waals surface area contributed by atoms with Gasteiger partial charge >= 0.3 is 0 Å². The summed E-state index contributed by atoms with van der Waals surface area (Å²) in [5.41, 5.74) is 1.64. The fourth-order valence-corrected chi connectivity index (χ4v) is 2.64. The van der Waals surface area contributed by atoms with Crippen LogP contribution < -0.4 is 4.90 Å². The molecule has 0 atom stereocenters. The molecule has 2 aromatic carbocycles. The molecule has 0 unspecified atom stereocenters. The van der Waals surface area contributed by atoms with Gasteiger partial charge in [0.25, 0.3) is 0 Å². The maximum atomic E-state index is 10.2. The van der Waals surface area contributed by atoms with Gasteiger partial charge in [0, 0.05) is 13.1 Å². The zero-order valence-corrected chi connectivity index (χ0v) is 13.3. The average molecular weight is 308 g/mol. The first-order valence-electron chi connectivity index (χ1n) is 7.80. The normalized spacial score (nSPS) is 10.7. The van der Waals surface area contributed by atoms with Gasteiger partial charge in [-0.2, -0.15) is 0 Å². The van der Waals surface area contributed by atoms with E-state index in [0.717, 1.165) is 24.7 Å². The maximum Gasteiger partial charge on any atom is 0.232 e. The van der Waals surface area contributed by atoms with Gasteiger partial charge in [-0.1, -0.05) is 30.3 Å². The smallest absolute Gasteiger partial charge is 0.232 e. The number of anilines is 1. The fraction of sp³-hybridized carbons (Fsp3) is 0.222. The maximum absolute atomic E-state index is 10.2. The molecular formula is C18H20N4O. The summed E-state index contributed by atoms with van der Waals surface area (Å²) in [6, 6.07) is 17.2. The number of para-hydroxylation sites is 2. The van der Waals surface area contributed by atoms with Gasteiger partial charge < -0.3 is 10.0 Å². The van der Waals surface area contributed by atoms with E-state index in [9.17, 15) is 5.11 Å². The highest BCUT2D eigenvalue weighted by molar-refractivity contribution is 5.67. The molecule has 0 aliphatic rings. The number of aromatic nitrogens is 3. The third-order valence-corrected chi connectivity index (χ3v) is 3.85. The van der Waals surface area contributed by atoms with Crippen molar-refractivity contribution in [3.05, 3.63) is 54.6 Å². The van der Waals surface area contributed by atoms with Gasteiger partial charge in [-0.3, -0.25) is 4.57 Å². The number of aromatic hydroxyl groups is 1. The van der Waals surface area contributed by atoms with Gasteiger partial charge in [0.15, 0.2) is 5.82 Å². The molecule has 5 heteroatoms. The van der Waals surface area contributed by atoms with Crippen molar-refractivity contribution in [2.24, 2.45) is 0 Å². The third-order valence-electron chi connectivity index (χ3n) is 3.85. The molecule has 5 nitrogen and oxygen atoms in total. The van der Waals surface area contributed by atoms with Crippen LogP contribution in [0.5, 0.6) is 5.75 Å². The van der Waals surface area contributed by atoms with E-state index in [1.165, 1.54) is 0 Å². The van der Waals surface area contributed by atoms with E-state index in [1.807, 2.05) is 47.0 Å². The molecule has 1 heterocycles. The summed E-state index contributed by atoms with van der Waals surface area (Å²) in [6.07, 6.45) is 0. The molecular weight excluding hydrogens is 288 g/mol. The molecule has 1 N–H and O–H groups in total. The molecule has 0 amide bonds. The van der Waals surface area contributed by atoms with E-state index >= 15 is 0 Å². The van der Waals surface area contributed by atoms with Crippen molar-refractivity contribution >= 4 is 5.95 Å². The fourth-order valence-electron chi connectivity index (χ4n) is 2.64. The van der Waals surface area contributed by atoms with Crippen LogP contribution in [0, 0.1) is 0 Å². The number of benzene rings is 2. The molecule has 0 bridgehead atoms. The summed E-state index contributed by atoms with van der Waals surface area (Å²) in [5, 5.41) is 18.9. The SMILES string of the molecule is CCN(CC)c1nnc(-c2ccccc2O)n1-c1ccccc1. The number of rotatable bonds is 5. The van der Waals surface area contributed by atoms with E-state index in [-0.39, 0.29) is 5.75 Å². The molecule has 0 radical (unpaired) electrons. The van der Waals surface area contributed by atoms with Crippen LogP contribution in [0.15, 0.2) is 54.6 Å². The molecule has 0 aliphatic carbocycles. The van der Waals surface area contributed by atoms with Crippen LogP contribution in [0.3, 0.4) is 0 Å². The Bertz CT molecular complexity index is 779. The number of hydrogen-bond donors (Lipinski definition) is 1. The molecule has 0 aliphatic heterocycles. The van der Waals surface area contributed by atoms with Gasteiger partial charge in [0.2, 0.25) is 5.95 Å². The predicted octanol–water partition coefficient (Wildman–Crippen LogP) is 3.49. The summed E-state index contributed by atoms with van der Waals surface area (Å²) in [6.45, 7) is 5.85. The molecule has 118 valence electrons. The largest absolute Gasteiger partial charge is 0.507 e. The Morgan fingerprint density at radius 1 is 0.913 bits per heavy atom. The zero-order chi connectivity index (χ0) is 16.2. The van der Waals surface area contributed by atoms with Crippen LogP contribution in [0.2, 0.25) is 0 Å². The van der Waals surface area contributed by atoms with Crippen molar-refractivity contribution in [2.75, 3.05) is 18.0 Å². The zero-order valence-electron chi connectivity index (χ0n) is 13.3. The van der Waals surface area contributed by atoms with E-state index in [4.69, 9.17) is 0 Å². The van der Waals surface area contributed by atoms with Crippen molar-refractivity contribution in [2.45, 2.75) is 13.8 Å². The first kappa shape index (κ1) is 15.1. The van der Waals surface area contributed by atoms with Gasteiger partial charge in [-0.25, -0.2) is 0 Å². The first-order valence-corrected chi connectivity index (χ1v) is 7.80. The van der Waals surface area contributed by atoms with Crippen LogP contribution in [0.1, 0.15) is 13.8 Å². The summed E-state index contributed by atoms with van der Waals surface area (Å²) in [4.78, 5) is 2.14. The third kappa shape index (κ3) is 2.77. The lowest BCUT2D eigenvalue weighted by Gasteiger charge is -2.21. The van der Waals surface area contributed by atoms with Crippen molar-refractivity contribution in [3.8, 4) is 22.8 Å². The van der Waals surface area contributed by atoms with E-state index in [1.54, 1.807) is 12.1 Å². The number of hydrogen-bond acceptors (Lipinski definition) is 4. The second-order valence-electron chi connectivity index (χ2n) is 5.18. The van der Waals surface area contributed by atoms with Crippen molar-refractivity contribution in [1.29, 1.82) is 0 Å². The summed E-state index contributed by atoms with van der Waals surface area (Å²) >= 11 is 0. The first-order chi connectivity index (χ1) is 11.3. The Labute approximate surface area is 135 Å². The van der Waals surface area contributed by atoms with Gasteiger partial charge in [-0.05, 0) is 38.1 Å². The number of phenolic OH excluding ortho intramolecular Hbond substituents is 1. The van der Waals surface area contributed by atoms with Crippen molar-refractivity contribution < 1.29 is 5.11 Å². The minimum absolute atomic E-state index is 0.197. The van der Waals surface area contributed by atoms with Gasteiger partial charge in [-0.15, -0.1) is 10.2 Å². The summed E-state index contributed by atoms with van der Waals surface area (Å²) in [5.74, 6) is 1.61. The van der Waals surface area contributed by atoms with Crippen LogP contribution in [-0.4, -0.2) is 33.0 Å². The minimum atomic E-state index is 0.197. The van der Waals surface area contributed by atoms with Crippen LogP contribution >= 0.6 is 0 Å². The number of phenols is 1. The standard InChI is InChI=1S/C18H20N4O/c1-3-21(4-2)18-20-19-17(15-12-8-9-13-16(15)23)22(18)14-10-6-5-7-11-14/h5-13,23H,3-4H2,1-2H3. The monoisotopic (exact) mass is 308 g/mol. The second kappa shape index (κ2) is 6.52. The molecule has 1 aromatic heterocycles. The van der Waals surface area contributed by atoms with E-state index in [0.29, 0.717) is 11.4 Å². The molecule has 0 fully saturated rings. The van der Waals surface area contributed by atoms with Gasteiger partial charge in [0.1, 0.15) is 5.75 Å². The minimum Gasteiger partial charge on any atom is -0.507 e. The van der Waals surface area contributed by atoms with Gasteiger partial charge in [0.05, 0.1) is 11.3 Å². The lowest BCUT2D eigenvalue weighted by Crippen LogP contribution is -2.25. The average Bonchev–Trinajstić information content (AvgIpc) is 3.02. The highest BCUT2D eigenvalue weighted by atomic mass is 16.3.